The Balaban J connectivity index is 1.46. The van der Waals surface area contributed by atoms with Crippen LogP contribution in [0.1, 0.15) is 5.56 Å². The van der Waals surface area contributed by atoms with Crippen molar-refractivity contribution in [2.24, 2.45) is 0 Å². The number of ether oxygens (including phenoxy) is 1. The molecule has 0 aliphatic heterocycles. The van der Waals surface area contributed by atoms with Gasteiger partial charge in [0.1, 0.15) is 5.75 Å². The summed E-state index contributed by atoms with van der Waals surface area (Å²) in [5.41, 5.74) is 2.37. The van der Waals surface area contributed by atoms with Gasteiger partial charge in [0.25, 0.3) is 0 Å². The third kappa shape index (κ3) is 6.13. The normalized spacial score (nSPS) is 10.9. The fourth-order valence-corrected chi connectivity index (χ4v) is 3.80. The lowest BCUT2D eigenvalue weighted by molar-refractivity contribution is -0.113. The van der Waals surface area contributed by atoms with Gasteiger partial charge >= 0.3 is 6.61 Å². The number of benzene rings is 2. The first-order chi connectivity index (χ1) is 16.1. The first kappa shape index (κ1) is 22.4. The number of carbonyl (C=O) groups is 1. The van der Waals surface area contributed by atoms with Gasteiger partial charge in [-0.15, -0.1) is 10.2 Å². The number of rotatable bonds is 9. The van der Waals surface area contributed by atoms with Gasteiger partial charge < -0.3 is 10.1 Å². The molecule has 33 heavy (non-hydrogen) atoms. The van der Waals surface area contributed by atoms with Crippen LogP contribution in [0.5, 0.6) is 5.75 Å². The second-order valence-corrected chi connectivity index (χ2v) is 7.80. The Bertz CT molecular complexity index is 1190. The van der Waals surface area contributed by atoms with Crippen molar-refractivity contribution in [1.29, 1.82) is 0 Å². The number of halogens is 2. The van der Waals surface area contributed by atoms with E-state index >= 15 is 0 Å². The summed E-state index contributed by atoms with van der Waals surface area (Å²) in [5, 5.41) is 11.9. The molecule has 168 valence electrons. The predicted octanol–water partition coefficient (Wildman–Crippen LogP) is 4.72. The first-order valence-corrected chi connectivity index (χ1v) is 10.9. The lowest BCUT2D eigenvalue weighted by atomic mass is 10.2. The summed E-state index contributed by atoms with van der Waals surface area (Å²) in [7, 11) is 0. The number of anilines is 1. The molecular weight excluding hydrogens is 448 g/mol. The van der Waals surface area contributed by atoms with Crippen LogP contribution >= 0.6 is 11.8 Å². The van der Waals surface area contributed by atoms with E-state index in [1.54, 1.807) is 12.4 Å². The van der Waals surface area contributed by atoms with E-state index in [0.717, 1.165) is 11.1 Å². The molecule has 0 radical (unpaired) electrons. The van der Waals surface area contributed by atoms with Crippen LogP contribution in [-0.4, -0.2) is 38.0 Å². The number of nitrogens with one attached hydrogen (secondary N) is 1. The highest BCUT2D eigenvalue weighted by Crippen LogP contribution is 2.25. The van der Waals surface area contributed by atoms with E-state index in [2.05, 4.69) is 25.2 Å². The Labute approximate surface area is 192 Å². The average molecular weight is 468 g/mol. The van der Waals surface area contributed by atoms with Gasteiger partial charge in [-0.05, 0) is 42.0 Å². The van der Waals surface area contributed by atoms with E-state index in [4.69, 9.17) is 0 Å². The summed E-state index contributed by atoms with van der Waals surface area (Å²) in [5.74, 6) is 0.508. The van der Waals surface area contributed by atoms with E-state index in [0.29, 0.717) is 23.2 Å². The minimum absolute atomic E-state index is 0.0225. The van der Waals surface area contributed by atoms with E-state index < -0.39 is 6.61 Å². The van der Waals surface area contributed by atoms with Gasteiger partial charge in [0.15, 0.2) is 11.0 Å². The van der Waals surface area contributed by atoms with Crippen molar-refractivity contribution >= 4 is 23.4 Å². The first-order valence-electron chi connectivity index (χ1n) is 9.93. The second kappa shape index (κ2) is 10.7. The number of amides is 1. The lowest BCUT2D eigenvalue weighted by Gasteiger charge is -2.11. The van der Waals surface area contributed by atoms with Gasteiger partial charge in [-0.1, -0.05) is 42.1 Å². The van der Waals surface area contributed by atoms with Crippen LogP contribution in [0.2, 0.25) is 0 Å². The summed E-state index contributed by atoms with van der Waals surface area (Å²) >= 11 is 1.25. The molecule has 2 aromatic carbocycles. The molecule has 0 saturated heterocycles. The van der Waals surface area contributed by atoms with Crippen molar-refractivity contribution in [3.05, 3.63) is 84.7 Å². The molecule has 4 aromatic rings. The summed E-state index contributed by atoms with van der Waals surface area (Å²) in [6.45, 7) is -2.36. The van der Waals surface area contributed by atoms with Crippen molar-refractivity contribution in [3.63, 3.8) is 0 Å². The smallest absolute Gasteiger partial charge is 0.387 e. The maximum Gasteiger partial charge on any atom is 0.387 e. The number of hydrogen-bond acceptors (Lipinski definition) is 6. The molecule has 7 nitrogen and oxygen atoms in total. The number of alkyl halides is 2. The molecule has 0 fully saturated rings. The molecule has 4 rings (SSSR count). The minimum atomic E-state index is -2.90. The van der Waals surface area contributed by atoms with Gasteiger partial charge in [0.05, 0.1) is 12.3 Å². The van der Waals surface area contributed by atoms with Gasteiger partial charge in [-0.3, -0.25) is 14.3 Å². The van der Waals surface area contributed by atoms with Gasteiger partial charge in [-0.25, -0.2) is 0 Å². The third-order valence-electron chi connectivity index (χ3n) is 4.52. The summed E-state index contributed by atoms with van der Waals surface area (Å²) < 4.78 is 30.8. The minimum Gasteiger partial charge on any atom is -0.435 e. The number of pyridine rings is 1. The fourth-order valence-electron chi connectivity index (χ4n) is 3.06. The average Bonchev–Trinajstić information content (AvgIpc) is 3.22. The zero-order chi connectivity index (χ0) is 23.0. The van der Waals surface area contributed by atoms with Crippen LogP contribution in [-0.2, 0) is 11.3 Å². The highest BCUT2D eigenvalue weighted by atomic mass is 32.2. The number of nitrogens with zero attached hydrogens (tertiary/aromatic N) is 4. The van der Waals surface area contributed by atoms with Gasteiger partial charge in [-0.2, -0.15) is 8.78 Å². The Hall–Kier alpha value is -3.79. The van der Waals surface area contributed by atoms with Crippen molar-refractivity contribution in [2.75, 3.05) is 11.1 Å². The quantitative estimate of drug-likeness (QED) is 0.359. The maximum absolute atomic E-state index is 12.4. The Morgan fingerprint density at radius 2 is 1.82 bits per heavy atom. The van der Waals surface area contributed by atoms with Crippen molar-refractivity contribution in [2.45, 2.75) is 18.3 Å². The van der Waals surface area contributed by atoms with E-state index in [9.17, 15) is 13.6 Å². The monoisotopic (exact) mass is 467 g/mol. The Morgan fingerprint density at radius 1 is 1.03 bits per heavy atom. The molecule has 0 aliphatic carbocycles. The van der Waals surface area contributed by atoms with Crippen LogP contribution in [0.15, 0.2) is 84.3 Å². The van der Waals surface area contributed by atoms with Crippen molar-refractivity contribution in [3.8, 4) is 17.1 Å². The number of hydrogen-bond donors (Lipinski definition) is 1. The topological polar surface area (TPSA) is 81.9 Å². The molecule has 10 heteroatoms. The maximum atomic E-state index is 12.4. The van der Waals surface area contributed by atoms with E-state index in [-0.39, 0.29) is 17.4 Å². The zero-order valence-electron chi connectivity index (χ0n) is 17.3. The zero-order valence-corrected chi connectivity index (χ0v) is 18.1. The SMILES string of the molecule is O=C(CSc1nnc(-c2cccnc2)n1Cc1ccccc1)Nc1ccc(OC(F)F)cc1. The Morgan fingerprint density at radius 3 is 2.52 bits per heavy atom. The molecule has 0 saturated carbocycles. The third-order valence-corrected chi connectivity index (χ3v) is 5.48. The largest absolute Gasteiger partial charge is 0.435 e. The van der Waals surface area contributed by atoms with E-state index in [1.165, 1.54) is 36.0 Å². The summed E-state index contributed by atoms with van der Waals surface area (Å²) in [6, 6.07) is 19.3. The van der Waals surface area contributed by atoms with Crippen LogP contribution < -0.4 is 10.1 Å². The molecule has 0 atom stereocenters. The van der Waals surface area contributed by atoms with Crippen molar-refractivity contribution < 1.29 is 18.3 Å². The molecule has 2 aromatic heterocycles. The number of thioether (sulfide) groups is 1. The van der Waals surface area contributed by atoms with Crippen LogP contribution in [0.4, 0.5) is 14.5 Å². The highest BCUT2D eigenvalue weighted by molar-refractivity contribution is 7.99. The number of aromatic nitrogens is 4. The number of carbonyl (C=O) groups excluding carboxylic acids is 1. The van der Waals surface area contributed by atoms with Gasteiger partial charge in [0.2, 0.25) is 5.91 Å². The molecule has 0 bridgehead atoms. The van der Waals surface area contributed by atoms with Crippen LogP contribution in [0.25, 0.3) is 11.4 Å². The van der Waals surface area contributed by atoms with Gasteiger partial charge in [0, 0.05) is 23.6 Å². The molecule has 0 unspecified atom stereocenters. The Kier molecular flexibility index (Phi) is 7.26. The second-order valence-electron chi connectivity index (χ2n) is 6.86. The molecule has 2 heterocycles. The highest BCUT2D eigenvalue weighted by Gasteiger charge is 2.16. The van der Waals surface area contributed by atoms with Crippen LogP contribution in [0, 0.1) is 0 Å². The molecule has 1 N–H and O–H groups in total. The standard InChI is InChI=1S/C23H19F2N5O2S/c24-22(25)32-19-10-8-18(9-11-19)27-20(31)15-33-23-29-28-21(17-7-4-12-26-13-17)30(23)14-16-5-2-1-3-6-16/h1-13,22H,14-15H2,(H,27,31). The van der Waals surface area contributed by atoms with E-state index in [1.807, 2.05) is 47.0 Å². The molecule has 0 aliphatic rings. The fraction of sp³-hybridized carbons (Fsp3) is 0.130. The van der Waals surface area contributed by atoms with Crippen molar-refractivity contribution in [1.82, 2.24) is 19.7 Å². The van der Waals surface area contributed by atoms with Crippen LogP contribution in [0.3, 0.4) is 0 Å². The molecule has 1 amide bonds. The molecule has 0 spiro atoms. The lowest BCUT2D eigenvalue weighted by Crippen LogP contribution is -2.15. The predicted molar refractivity (Wildman–Crippen MR) is 121 cm³/mol. The summed E-state index contributed by atoms with van der Waals surface area (Å²) in [4.78, 5) is 16.6. The molecular formula is C23H19F2N5O2S. The summed E-state index contributed by atoms with van der Waals surface area (Å²) in [6.07, 6.45) is 3.40.